The molecular weight excluding hydrogens is 252 g/mol. The highest BCUT2D eigenvalue weighted by Gasteiger charge is 2.20. The maximum Gasteiger partial charge on any atom is 0.320 e. The Bertz CT molecular complexity index is 349. The Kier molecular flexibility index (Phi) is 6.07. The summed E-state index contributed by atoms with van der Waals surface area (Å²) in [5, 5.41) is 16.9. The van der Waals surface area contributed by atoms with E-state index in [1.807, 2.05) is 0 Å². The standard InChI is InChI=1S/C8H16N2O6S/c9-5(7(11)12)1-3-17(15,16)4-2-6(10)8(13)14/h5-6H,1-4,9-10H2,(H,11,12)(H,13,14)/t5-,6-/m1/s1. The number of carboxylic acids is 2. The molecule has 0 aromatic heterocycles. The van der Waals surface area contributed by atoms with Gasteiger partial charge in [-0.25, -0.2) is 8.42 Å². The Hall–Kier alpha value is -1.19. The first-order chi connectivity index (χ1) is 7.65. The lowest BCUT2D eigenvalue weighted by Crippen LogP contribution is -2.34. The molecule has 17 heavy (non-hydrogen) atoms. The molecule has 0 fully saturated rings. The molecule has 0 amide bonds. The molecule has 0 radical (unpaired) electrons. The molecule has 2 atom stereocenters. The Morgan fingerprint density at radius 2 is 1.24 bits per heavy atom. The van der Waals surface area contributed by atoms with Gasteiger partial charge in [0.1, 0.15) is 21.9 Å². The first-order valence-electron chi connectivity index (χ1n) is 4.83. The first-order valence-corrected chi connectivity index (χ1v) is 6.65. The maximum atomic E-state index is 11.4. The van der Waals surface area contributed by atoms with E-state index >= 15 is 0 Å². The maximum absolute atomic E-state index is 11.4. The Morgan fingerprint density at radius 3 is 1.47 bits per heavy atom. The highest BCUT2D eigenvalue weighted by Crippen LogP contribution is 2.01. The highest BCUT2D eigenvalue weighted by molar-refractivity contribution is 7.91. The normalized spacial score (nSPS) is 15.2. The summed E-state index contributed by atoms with van der Waals surface area (Å²) >= 11 is 0. The van der Waals surface area contributed by atoms with E-state index in [1.54, 1.807) is 0 Å². The summed E-state index contributed by atoms with van der Waals surface area (Å²) in [6.07, 6.45) is -0.417. The van der Waals surface area contributed by atoms with E-state index in [-0.39, 0.29) is 12.8 Å². The molecule has 0 saturated heterocycles. The summed E-state index contributed by atoms with van der Waals surface area (Å²) in [6, 6.07) is -2.48. The van der Waals surface area contributed by atoms with Crippen LogP contribution in [0.1, 0.15) is 12.8 Å². The van der Waals surface area contributed by atoms with Crippen LogP contribution in [0.15, 0.2) is 0 Å². The second-order valence-corrected chi connectivity index (χ2v) is 5.92. The Balaban J connectivity index is 4.14. The molecule has 0 aliphatic carbocycles. The van der Waals surface area contributed by atoms with Gasteiger partial charge in [-0.3, -0.25) is 9.59 Å². The predicted octanol–water partition coefficient (Wildman–Crippen LogP) is -1.99. The Labute approximate surface area is 98.5 Å². The molecule has 6 N–H and O–H groups in total. The van der Waals surface area contributed by atoms with Gasteiger partial charge in [-0.05, 0) is 12.8 Å². The van der Waals surface area contributed by atoms with Crippen molar-refractivity contribution in [2.45, 2.75) is 24.9 Å². The minimum absolute atomic E-state index is 0.208. The van der Waals surface area contributed by atoms with Gasteiger partial charge in [0.25, 0.3) is 0 Å². The van der Waals surface area contributed by atoms with Crippen molar-refractivity contribution in [2.24, 2.45) is 11.5 Å². The van der Waals surface area contributed by atoms with Crippen LogP contribution in [-0.2, 0) is 19.4 Å². The van der Waals surface area contributed by atoms with Gasteiger partial charge in [0, 0.05) is 0 Å². The molecule has 0 aliphatic rings. The third-order valence-corrected chi connectivity index (χ3v) is 3.83. The summed E-state index contributed by atoms with van der Waals surface area (Å²) in [5.41, 5.74) is 10.3. The smallest absolute Gasteiger partial charge is 0.320 e. The molecule has 0 rings (SSSR count). The van der Waals surface area contributed by atoms with Gasteiger partial charge in [0.2, 0.25) is 0 Å². The lowest BCUT2D eigenvalue weighted by Gasteiger charge is -2.09. The van der Waals surface area contributed by atoms with E-state index in [2.05, 4.69) is 0 Å². The number of carboxylic acid groups (broad SMARTS) is 2. The molecule has 0 aromatic carbocycles. The van der Waals surface area contributed by atoms with Gasteiger partial charge in [-0.15, -0.1) is 0 Å². The fourth-order valence-corrected chi connectivity index (χ4v) is 2.39. The summed E-state index contributed by atoms with van der Waals surface area (Å²) in [4.78, 5) is 20.7. The number of hydrogen-bond acceptors (Lipinski definition) is 6. The van der Waals surface area contributed by atoms with Crippen molar-refractivity contribution in [2.75, 3.05) is 11.5 Å². The summed E-state index contributed by atoms with van der Waals surface area (Å²) in [6.45, 7) is 0. The molecular formula is C8H16N2O6S. The van der Waals surface area contributed by atoms with E-state index in [4.69, 9.17) is 21.7 Å². The Morgan fingerprint density at radius 1 is 0.941 bits per heavy atom. The topological polar surface area (TPSA) is 161 Å². The van der Waals surface area contributed by atoms with Crippen molar-refractivity contribution in [3.05, 3.63) is 0 Å². The molecule has 0 spiro atoms. The zero-order chi connectivity index (χ0) is 13.6. The molecule has 0 heterocycles. The van der Waals surface area contributed by atoms with Crippen molar-refractivity contribution < 1.29 is 28.2 Å². The molecule has 0 saturated carbocycles. The van der Waals surface area contributed by atoms with Gasteiger partial charge < -0.3 is 21.7 Å². The molecule has 0 aromatic rings. The van der Waals surface area contributed by atoms with Gasteiger partial charge >= 0.3 is 11.9 Å². The largest absolute Gasteiger partial charge is 0.480 e. The molecule has 100 valence electrons. The van der Waals surface area contributed by atoms with E-state index < -0.39 is 45.4 Å². The second kappa shape index (κ2) is 6.52. The van der Waals surface area contributed by atoms with Crippen LogP contribution in [0.4, 0.5) is 0 Å². The zero-order valence-electron chi connectivity index (χ0n) is 9.07. The highest BCUT2D eigenvalue weighted by atomic mass is 32.2. The van der Waals surface area contributed by atoms with Crippen LogP contribution in [0.3, 0.4) is 0 Å². The van der Waals surface area contributed by atoms with Gasteiger partial charge in [-0.1, -0.05) is 0 Å². The first kappa shape index (κ1) is 15.8. The lowest BCUT2D eigenvalue weighted by molar-refractivity contribution is -0.139. The molecule has 0 aliphatic heterocycles. The van der Waals surface area contributed by atoms with Crippen molar-refractivity contribution in [3.63, 3.8) is 0 Å². The second-order valence-electron chi connectivity index (χ2n) is 3.62. The molecule has 0 bridgehead atoms. The lowest BCUT2D eigenvalue weighted by atomic mass is 10.2. The van der Waals surface area contributed by atoms with Gasteiger partial charge in [0.15, 0.2) is 0 Å². The minimum Gasteiger partial charge on any atom is -0.480 e. The van der Waals surface area contributed by atoms with Crippen LogP contribution in [0.5, 0.6) is 0 Å². The third-order valence-electron chi connectivity index (χ3n) is 2.11. The predicted molar refractivity (Wildman–Crippen MR) is 59.1 cm³/mol. The number of rotatable bonds is 8. The number of nitrogens with two attached hydrogens (primary N) is 2. The third kappa shape index (κ3) is 6.87. The van der Waals surface area contributed by atoms with E-state index in [0.29, 0.717) is 0 Å². The quantitative estimate of drug-likeness (QED) is 0.393. The summed E-state index contributed by atoms with van der Waals surface area (Å²) < 4.78 is 22.8. The van der Waals surface area contributed by atoms with Crippen molar-refractivity contribution in [1.29, 1.82) is 0 Å². The van der Waals surface area contributed by atoms with E-state index in [0.717, 1.165) is 0 Å². The number of carbonyl (C=O) groups is 2. The van der Waals surface area contributed by atoms with Gasteiger partial charge in [0.05, 0.1) is 11.5 Å². The molecule has 8 nitrogen and oxygen atoms in total. The van der Waals surface area contributed by atoms with Crippen molar-refractivity contribution in [1.82, 2.24) is 0 Å². The summed E-state index contributed by atoms with van der Waals surface area (Å²) in [5.74, 6) is -3.34. The van der Waals surface area contributed by atoms with Crippen LogP contribution in [-0.4, -0.2) is 54.2 Å². The fourth-order valence-electron chi connectivity index (χ4n) is 0.962. The van der Waals surface area contributed by atoms with Crippen LogP contribution in [0, 0.1) is 0 Å². The number of aliphatic carboxylic acids is 2. The average Bonchev–Trinajstić information content (AvgIpc) is 2.22. The van der Waals surface area contributed by atoms with Gasteiger partial charge in [-0.2, -0.15) is 0 Å². The monoisotopic (exact) mass is 268 g/mol. The molecule has 9 heteroatoms. The van der Waals surface area contributed by atoms with E-state index in [9.17, 15) is 18.0 Å². The average molecular weight is 268 g/mol. The fraction of sp³-hybridized carbons (Fsp3) is 0.750. The number of sulfone groups is 1. The zero-order valence-corrected chi connectivity index (χ0v) is 9.89. The van der Waals surface area contributed by atoms with E-state index in [1.165, 1.54) is 0 Å². The molecule has 0 unspecified atom stereocenters. The minimum atomic E-state index is -3.53. The number of hydrogen-bond donors (Lipinski definition) is 4. The summed E-state index contributed by atoms with van der Waals surface area (Å²) in [7, 11) is -3.53. The van der Waals surface area contributed by atoms with Crippen LogP contribution >= 0.6 is 0 Å². The van der Waals surface area contributed by atoms with Crippen LogP contribution < -0.4 is 11.5 Å². The van der Waals surface area contributed by atoms with Crippen molar-refractivity contribution in [3.8, 4) is 0 Å². The SMILES string of the molecule is N[C@H](CCS(=O)(=O)CC[C@@H](N)C(=O)O)C(=O)O. The van der Waals surface area contributed by atoms with Crippen LogP contribution in [0.25, 0.3) is 0 Å². The van der Waals surface area contributed by atoms with Crippen LogP contribution in [0.2, 0.25) is 0 Å². The van der Waals surface area contributed by atoms with Crippen molar-refractivity contribution >= 4 is 21.8 Å².